The summed E-state index contributed by atoms with van der Waals surface area (Å²) in [5.41, 5.74) is 0.469. The molecule has 0 aromatic heterocycles. The topological polar surface area (TPSA) is 18.5 Å². The predicted molar refractivity (Wildman–Crippen MR) is 87.2 cm³/mol. The monoisotopic (exact) mass is 281 g/mol. The zero-order valence-corrected chi connectivity index (χ0v) is 14.1. The van der Waals surface area contributed by atoms with E-state index in [4.69, 9.17) is 0 Å². The first-order valence-corrected chi connectivity index (χ1v) is 8.67. The maximum Gasteiger partial charge on any atom is 0.0330 e. The Kier molecular flexibility index (Phi) is 5.88. The number of nitrogens with one attached hydrogen (secondary N) is 1. The van der Waals surface area contributed by atoms with Gasteiger partial charge in [-0.1, -0.05) is 19.8 Å². The van der Waals surface area contributed by atoms with Crippen molar-refractivity contribution < 1.29 is 0 Å². The molecule has 0 amide bonds. The Hall–Kier alpha value is -0.120. The molecule has 2 aliphatic carbocycles. The van der Waals surface area contributed by atoms with Gasteiger partial charge in [0.1, 0.15) is 0 Å². The van der Waals surface area contributed by atoms with E-state index in [2.05, 4.69) is 43.2 Å². The molecule has 2 rings (SSSR count). The van der Waals surface area contributed by atoms with Crippen molar-refractivity contribution in [3.8, 4) is 0 Å². The average molecular weight is 281 g/mol. The molecule has 0 radical (unpaired) electrons. The summed E-state index contributed by atoms with van der Waals surface area (Å²) < 4.78 is 0. The summed E-state index contributed by atoms with van der Waals surface area (Å²) in [6, 6.07) is 0.757. The summed E-state index contributed by atoms with van der Waals surface area (Å²) in [7, 11) is 6.85. The Balaban J connectivity index is 1.84. The normalized spacial score (nSPS) is 29.7. The number of nitrogens with zero attached hydrogens (tertiary/aromatic N) is 2. The molecule has 1 N–H and O–H groups in total. The van der Waals surface area contributed by atoms with Crippen LogP contribution in [0.2, 0.25) is 0 Å². The zero-order chi connectivity index (χ0) is 14.6. The quantitative estimate of drug-likeness (QED) is 0.774. The third-order valence-corrected chi connectivity index (χ3v) is 5.72. The van der Waals surface area contributed by atoms with Crippen LogP contribution in [0.3, 0.4) is 0 Å². The van der Waals surface area contributed by atoms with Crippen LogP contribution in [0.4, 0.5) is 0 Å². The van der Waals surface area contributed by atoms with Gasteiger partial charge in [0.25, 0.3) is 0 Å². The minimum atomic E-state index is 0.469. The van der Waals surface area contributed by atoms with E-state index in [0.717, 1.165) is 18.5 Å². The Morgan fingerprint density at radius 3 is 2.30 bits per heavy atom. The van der Waals surface area contributed by atoms with E-state index in [1.165, 1.54) is 58.0 Å². The molecule has 0 bridgehead atoms. The van der Waals surface area contributed by atoms with Gasteiger partial charge >= 0.3 is 0 Å². The number of hydrogen-bond acceptors (Lipinski definition) is 3. The van der Waals surface area contributed by atoms with Crippen LogP contribution in [0.1, 0.15) is 51.9 Å². The molecule has 2 unspecified atom stereocenters. The van der Waals surface area contributed by atoms with E-state index in [-0.39, 0.29) is 0 Å². The molecule has 2 saturated carbocycles. The fourth-order valence-electron chi connectivity index (χ4n) is 4.26. The smallest absolute Gasteiger partial charge is 0.0330 e. The van der Waals surface area contributed by atoms with Gasteiger partial charge in [0.15, 0.2) is 0 Å². The van der Waals surface area contributed by atoms with Crippen LogP contribution in [0, 0.1) is 5.92 Å². The zero-order valence-electron chi connectivity index (χ0n) is 14.1. The maximum absolute atomic E-state index is 3.72. The molecule has 0 saturated heterocycles. The first-order chi connectivity index (χ1) is 9.57. The third kappa shape index (κ3) is 3.75. The SMILES string of the molecule is CCNC1CCCCC1CN(C)CC1(N(C)C)CCC1. The highest BCUT2D eigenvalue weighted by Gasteiger charge is 2.40. The minimum absolute atomic E-state index is 0.469. The highest BCUT2D eigenvalue weighted by Crippen LogP contribution is 2.37. The summed E-state index contributed by atoms with van der Waals surface area (Å²) in [6.45, 7) is 5.87. The van der Waals surface area contributed by atoms with Crippen LogP contribution in [-0.4, -0.2) is 62.2 Å². The second-order valence-corrected chi connectivity index (χ2v) is 7.38. The summed E-state index contributed by atoms with van der Waals surface area (Å²) in [5.74, 6) is 0.855. The highest BCUT2D eigenvalue weighted by atomic mass is 15.2. The first-order valence-electron chi connectivity index (χ1n) is 8.67. The van der Waals surface area contributed by atoms with Crippen molar-refractivity contribution in [2.45, 2.75) is 63.5 Å². The van der Waals surface area contributed by atoms with Gasteiger partial charge in [0.2, 0.25) is 0 Å². The fourth-order valence-corrected chi connectivity index (χ4v) is 4.26. The average Bonchev–Trinajstić information content (AvgIpc) is 2.36. The van der Waals surface area contributed by atoms with Gasteiger partial charge in [0.05, 0.1) is 0 Å². The lowest BCUT2D eigenvalue weighted by Crippen LogP contribution is -2.57. The Morgan fingerprint density at radius 1 is 1.05 bits per heavy atom. The molecule has 118 valence electrons. The third-order valence-electron chi connectivity index (χ3n) is 5.72. The molecule has 0 aliphatic heterocycles. The van der Waals surface area contributed by atoms with Crippen LogP contribution in [-0.2, 0) is 0 Å². The van der Waals surface area contributed by atoms with Gasteiger partial charge in [0, 0.05) is 24.7 Å². The van der Waals surface area contributed by atoms with Crippen molar-refractivity contribution >= 4 is 0 Å². The molecular weight excluding hydrogens is 246 g/mol. The standard InChI is InChI=1S/C17H35N3/c1-5-18-16-10-7-6-9-15(16)13-20(4)14-17(19(2)3)11-8-12-17/h15-16,18H,5-14H2,1-4H3. The van der Waals surface area contributed by atoms with E-state index in [1.54, 1.807) is 0 Å². The van der Waals surface area contributed by atoms with Crippen LogP contribution in [0.15, 0.2) is 0 Å². The molecule has 0 spiro atoms. The fraction of sp³-hybridized carbons (Fsp3) is 1.00. The van der Waals surface area contributed by atoms with E-state index < -0.39 is 0 Å². The van der Waals surface area contributed by atoms with Crippen LogP contribution in [0.5, 0.6) is 0 Å². The second kappa shape index (κ2) is 7.24. The van der Waals surface area contributed by atoms with Gasteiger partial charge < -0.3 is 15.1 Å². The van der Waals surface area contributed by atoms with Crippen molar-refractivity contribution in [2.24, 2.45) is 5.92 Å². The van der Waals surface area contributed by atoms with Crippen molar-refractivity contribution in [1.29, 1.82) is 0 Å². The summed E-state index contributed by atoms with van der Waals surface area (Å²) in [4.78, 5) is 5.08. The lowest BCUT2D eigenvalue weighted by Gasteiger charge is -2.50. The molecule has 20 heavy (non-hydrogen) atoms. The molecule has 0 aromatic carbocycles. The molecule has 2 fully saturated rings. The minimum Gasteiger partial charge on any atom is -0.314 e. The predicted octanol–water partition coefficient (Wildman–Crippen LogP) is 2.57. The van der Waals surface area contributed by atoms with Crippen molar-refractivity contribution in [3.05, 3.63) is 0 Å². The van der Waals surface area contributed by atoms with E-state index in [1.807, 2.05) is 0 Å². The van der Waals surface area contributed by atoms with Gasteiger partial charge in [-0.05, 0) is 65.7 Å². The first kappa shape index (κ1) is 16.3. The van der Waals surface area contributed by atoms with E-state index >= 15 is 0 Å². The van der Waals surface area contributed by atoms with Gasteiger partial charge in [-0.2, -0.15) is 0 Å². The van der Waals surface area contributed by atoms with Gasteiger partial charge in [-0.3, -0.25) is 0 Å². The Bertz CT molecular complexity index is 284. The molecule has 3 nitrogen and oxygen atoms in total. The summed E-state index contributed by atoms with van der Waals surface area (Å²) >= 11 is 0. The van der Waals surface area contributed by atoms with E-state index in [9.17, 15) is 0 Å². The molecule has 2 atom stereocenters. The maximum atomic E-state index is 3.72. The Morgan fingerprint density at radius 2 is 1.75 bits per heavy atom. The number of likely N-dealkylation sites (N-methyl/N-ethyl adjacent to an activating group) is 2. The number of rotatable bonds is 7. The Labute approximate surface area is 126 Å². The second-order valence-electron chi connectivity index (χ2n) is 7.38. The lowest BCUT2D eigenvalue weighted by molar-refractivity contribution is 0.0207. The highest BCUT2D eigenvalue weighted by molar-refractivity contribution is 4.98. The molecule has 3 heteroatoms. The van der Waals surface area contributed by atoms with Crippen molar-refractivity contribution in [2.75, 3.05) is 40.8 Å². The van der Waals surface area contributed by atoms with Crippen LogP contribution >= 0.6 is 0 Å². The van der Waals surface area contributed by atoms with Crippen molar-refractivity contribution in [3.63, 3.8) is 0 Å². The van der Waals surface area contributed by atoms with E-state index in [0.29, 0.717) is 5.54 Å². The van der Waals surface area contributed by atoms with Gasteiger partial charge in [-0.25, -0.2) is 0 Å². The number of hydrogen-bond donors (Lipinski definition) is 1. The lowest BCUT2D eigenvalue weighted by atomic mass is 9.75. The van der Waals surface area contributed by atoms with Gasteiger partial charge in [-0.15, -0.1) is 0 Å². The molecule has 0 heterocycles. The molecule has 0 aromatic rings. The van der Waals surface area contributed by atoms with Crippen LogP contribution < -0.4 is 5.32 Å². The van der Waals surface area contributed by atoms with Crippen molar-refractivity contribution in [1.82, 2.24) is 15.1 Å². The largest absolute Gasteiger partial charge is 0.314 e. The summed E-state index contributed by atoms with van der Waals surface area (Å²) in [6.07, 6.45) is 9.81. The van der Waals surface area contributed by atoms with Crippen LogP contribution in [0.25, 0.3) is 0 Å². The molecule has 2 aliphatic rings. The summed E-state index contributed by atoms with van der Waals surface area (Å²) in [5, 5.41) is 3.72. The molecular formula is C17H35N3.